The van der Waals surface area contributed by atoms with E-state index < -0.39 is 23.7 Å². The minimum atomic E-state index is -0.881. The predicted molar refractivity (Wildman–Crippen MR) is 159 cm³/mol. The second kappa shape index (κ2) is 27.4. The van der Waals surface area contributed by atoms with Crippen molar-refractivity contribution >= 4 is 0 Å². The number of hydrogen-bond acceptors (Lipinski definition) is 16. The standard InChI is InChI=1S/C27H58N4O12/c1-2-27(22-42-19-25(38)16-30(5-11-34)6-12-35,23-43-20-26(39)17-31(7-13-36)8-14-37)21-41-18-24(28-40)15-29(3-9-32)4-10-33/h24-26,32-39H,2-23H2,1H3. The monoisotopic (exact) mass is 630 g/mol. The highest BCUT2D eigenvalue weighted by Gasteiger charge is 2.31. The van der Waals surface area contributed by atoms with Gasteiger partial charge in [-0.15, -0.1) is 0 Å². The van der Waals surface area contributed by atoms with E-state index in [2.05, 4.69) is 5.18 Å². The van der Waals surface area contributed by atoms with E-state index in [1.54, 1.807) is 14.7 Å². The third-order valence-corrected chi connectivity index (χ3v) is 6.96. The third-order valence-electron chi connectivity index (χ3n) is 6.96. The molecule has 0 radical (unpaired) electrons. The summed E-state index contributed by atoms with van der Waals surface area (Å²) in [6, 6.07) is -0.744. The summed E-state index contributed by atoms with van der Waals surface area (Å²) in [4.78, 5) is 16.6. The minimum absolute atomic E-state index is 0.0155. The fourth-order valence-corrected chi connectivity index (χ4v) is 4.51. The average molecular weight is 631 g/mol. The second-order valence-electron chi connectivity index (χ2n) is 10.7. The summed E-state index contributed by atoms with van der Waals surface area (Å²) in [5.74, 6) is 0. The van der Waals surface area contributed by atoms with Gasteiger partial charge in [0.2, 0.25) is 0 Å². The van der Waals surface area contributed by atoms with Crippen LogP contribution >= 0.6 is 0 Å². The van der Waals surface area contributed by atoms with Crippen molar-refractivity contribution in [2.75, 3.05) is 138 Å². The number of aliphatic hydroxyl groups is 8. The quantitative estimate of drug-likeness (QED) is 0.0333. The van der Waals surface area contributed by atoms with Gasteiger partial charge < -0.3 is 55.1 Å². The number of nitrogens with zero attached hydrogens (tertiary/aromatic N) is 4. The summed E-state index contributed by atoms with van der Waals surface area (Å²) in [5, 5.41) is 79.3. The Labute approximate surface area is 255 Å². The first-order chi connectivity index (χ1) is 20.8. The van der Waals surface area contributed by atoms with Gasteiger partial charge in [-0.25, -0.2) is 0 Å². The molecule has 16 nitrogen and oxygen atoms in total. The van der Waals surface area contributed by atoms with Crippen molar-refractivity contribution in [2.24, 2.45) is 10.6 Å². The molecule has 3 atom stereocenters. The van der Waals surface area contributed by atoms with Crippen LogP contribution in [0.1, 0.15) is 13.3 Å². The predicted octanol–water partition coefficient (Wildman–Crippen LogP) is -3.85. The molecule has 0 aromatic heterocycles. The lowest BCUT2D eigenvalue weighted by molar-refractivity contribution is -0.0973. The average Bonchev–Trinajstić information content (AvgIpc) is 2.97. The Morgan fingerprint density at radius 2 is 0.907 bits per heavy atom. The van der Waals surface area contributed by atoms with E-state index in [4.69, 9.17) is 14.2 Å². The maximum atomic E-state index is 11.5. The van der Waals surface area contributed by atoms with Gasteiger partial charge in [0, 0.05) is 64.3 Å². The summed E-state index contributed by atoms with van der Waals surface area (Å²) in [6.07, 6.45) is -1.23. The smallest absolute Gasteiger partial charge is 0.128 e. The van der Waals surface area contributed by atoms with Gasteiger partial charge in [-0.05, 0) is 6.42 Å². The van der Waals surface area contributed by atoms with E-state index >= 15 is 0 Å². The van der Waals surface area contributed by atoms with Crippen molar-refractivity contribution in [3.05, 3.63) is 4.91 Å². The molecule has 16 heteroatoms. The van der Waals surface area contributed by atoms with E-state index in [0.29, 0.717) is 32.6 Å². The molecule has 3 unspecified atom stereocenters. The molecule has 43 heavy (non-hydrogen) atoms. The van der Waals surface area contributed by atoms with E-state index in [-0.39, 0.29) is 112 Å². The topological polar surface area (TPSA) is 229 Å². The van der Waals surface area contributed by atoms with Gasteiger partial charge in [0.05, 0.1) is 91.5 Å². The lowest BCUT2D eigenvalue weighted by atomic mass is 9.88. The molecule has 0 saturated heterocycles. The van der Waals surface area contributed by atoms with Crippen LogP contribution in [0.4, 0.5) is 0 Å². The number of hydrogen-bond donors (Lipinski definition) is 8. The molecule has 0 aliphatic heterocycles. The molecular formula is C27H58N4O12. The SMILES string of the molecule is CCC(COCC(O)CN(CCO)CCO)(COCC(O)CN(CCO)CCO)COCC(CN(CCO)CCO)N=O. The van der Waals surface area contributed by atoms with Crippen molar-refractivity contribution in [3.8, 4) is 0 Å². The lowest BCUT2D eigenvalue weighted by Crippen LogP contribution is -2.43. The zero-order valence-electron chi connectivity index (χ0n) is 25.8. The molecule has 0 aliphatic carbocycles. The van der Waals surface area contributed by atoms with Crippen LogP contribution in [0, 0.1) is 10.3 Å². The highest BCUT2D eigenvalue weighted by molar-refractivity contribution is 4.80. The molecule has 0 amide bonds. The van der Waals surface area contributed by atoms with Gasteiger partial charge in [0.15, 0.2) is 0 Å². The summed E-state index contributed by atoms with van der Waals surface area (Å²) >= 11 is 0. The van der Waals surface area contributed by atoms with Gasteiger partial charge in [-0.2, -0.15) is 4.91 Å². The molecule has 0 saturated carbocycles. The fourth-order valence-electron chi connectivity index (χ4n) is 4.51. The minimum Gasteiger partial charge on any atom is -0.395 e. The van der Waals surface area contributed by atoms with Crippen LogP contribution in [-0.4, -0.2) is 212 Å². The van der Waals surface area contributed by atoms with Crippen LogP contribution in [0.3, 0.4) is 0 Å². The van der Waals surface area contributed by atoms with Crippen molar-refractivity contribution in [3.63, 3.8) is 0 Å². The van der Waals surface area contributed by atoms with E-state index in [1.807, 2.05) is 6.92 Å². The Morgan fingerprint density at radius 3 is 1.21 bits per heavy atom. The largest absolute Gasteiger partial charge is 0.395 e. The van der Waals surface area contributed by atoms with Crippen LogP contribution in [0.15, 0.2) is 5.18 Å². The first kappa shape index (κ1) is 42.0. The van der Waals surface area contributed by atoms with Crippen molar-refractivity contribution < 1.29 is 55.1 Å². The van der Waals surface area contributed by atoms with E-state index in [0.717, 1.165) is 0 Å². The fraction of sp³-hybridized carbons (Fsp3) is 1.00. The van der Waals surface area contributed by atoms with E-state index in [1.165, 1.54) is 0 Å². The molecule has 8 N–H and O–H groups in total. The first-order valence-corrected chi connectivity index (χ1v) is 15.0. The Morgan fingerprint density at radius 1 is 0.581 bits per heavy atom. The van der Waals surface area contributed by atoms with Crippen LogP contribution in [0.5, 0.6) is 0 Å². The van der Waals surface area contributed by atoms with Crippen LogP contribution < -0.4 is 0 Å². The Kier molecular flexibility index (Phi) is 26.7. The lowest BCUT2D eigenvalue weighted by Gasteiger charge is -2.34. The highest BCUT2D eigenvalue weighted by atomic mass is 16.5. The number of nitroso groups, excluding NO2 is 1. The van der Waals surface area contributed by atoms with Gasteiger partial charge in [0.25, 0.3) is 0 Å². The number of aliphatic hydroxyl groups excluding tert-OH is 8. The van der Waals surface area contributed by atoms with Crippen LogP contribution in [0.25, 0.3) is 0 Å². The van der Waals surface area contributed by atoms with Crippen LogP contribution in [0.2, 0.25) is 0 Å². The van der Waals surface area contributed by atoms with Crippen LogP contribution in [-0.2, 0) is 14.2 Å². The molecule has 0 bridgehead atoms. The number of ether oxygens (including phenoxy) is 3. The van der Waals surface area contributed by atoms with Gasteiger partial charge >= 0.3 is 0 Å². The second-order valence-corrected chi connectivity index (χ2v) is 10.7. The van der Waals surface area contributed by atoms with Crippen molar-refractivity contribution in [2.45, 2.75) is 31.6 Å². The van der Waals surface area contributed by atoms with Gasteiger partial charge in [-0.3, -0.25) is 14.7 Å². The normalized spacial score (nSPS) is 15.7. The molecule has 0 aliphatic rings. The molecule has 0 spiro atoms. The summed E-state index contributed by atoms with van der Waals surface area (Å²) in [6.45, 7) is 3.85. The van der Waals surface area contributed by atoms with Crippen molar-refractivity contribution in [1.82, 2.24) is 14.7 Å². The van der Waals surface area contributed by atoms with Gasteiger partial charge in [0.1, 0.15) is 6.04 Å². The highest BCUT2D eigenvalue weighted by Crippen LogP contribution is 2.25. The molecular weight excluding hydrogens is 572 g/mol. The third kappa shape index (κ3) is 20.6. The van der Waals surface area contributed by atoms with Gasteiger partial charge in [-0.1, -0.05) is 12.1 Å². The molecule has 0 rings (SSSR count). The summed E-state index contributed by atoms with van der Waals surface area (Å²) in [7, 11) is 0. The molecule has 258 valence electrons. The number of rotatable bonds is 32. The molecule has 0 aromatic carbocycles. The van der Waals surface area contributed by atoms with E-state index in [9.17, 15) is 45.8 Å². The Hall–Kier alpha value is -0.960. The summed E-state index contributed by atoms with van der Waals surface area (Å²) in [5.41, 5.74) is -0.714. The summed E-state index contributed by atoms with van der Waals surface area (Å²) < 4.78 is 17.7. The zero-order valence-corrected chi connectivity index (χ0v) is 25.8. The first-order valence-electron chi connectivity index (χ1n) is 15.0. The maximum absolute atomic E-state index is 11.5. The Bertz CT molecular complexity index is 595. The molecule has 0 aromatic rings. The van der Waals surface area contributed by atoms with Crippen molar-refractivity contribution in [1.29, 1.82) is 0 Å². The zero-order chi connectivity index (χ0) is 32.3. The molecule has 0 heterocycles. The maximum Gasteiger partial charge on any atom is 0.128 e. The molecule has 0 fully saturated rings. The Balaban J connectivity index is 5.28.